The van der Waals surface area contributed by atoms with Crippen LogP contribution in [0.3, 0.4) is 0 Å². The van der Waals surface area contributed by atoms with Gasteiger partial charge in [0.05, 0.1) is 18.8 Å². The third kappa shape index (κ3) is 5.34. The van der Waals surface area contributed by atoms with Gasteiger partial charge in [-0.2, -0.15) is 0 Å². The molecule has 8 heteroatoms. The van der Waals surface area contributed by atoms with Gasteiger partial charge in [-0.15, -0.1) is 0 Å². The molecule has 1 aliphatic carbocycles. The molecular weight excluding hydrogens is 416 g/mol. The molecule has 6 atom stereocenters. The molecule has 0 aromatic heterocycles. The molecule has 0 bridgehead atoms. The van der Waals surface area contributed by atoms with E-state index in [1.807, 2.05) is 33.8 Å². The normalized spacial score (nSPS) is 29.7. The van der Waals surface area contributed by atoms with Gasteiger partial charge in [0.2, 0.25) is 0 Å². The smallest absolute Gasteiger partial charge is 0.309 e. The van der Waals surface area contributed by atoms with E-state index >= 15 is 0 Å². The fourth-order valence-electron chi connectivity index (χ4n) is 4.01. The Morgan fingerprint density at radius 3 is 2.22 bits per heavy atom. The lowest BCUT2D eigenvalue weighted by atomic mass is 9.85. The second-order valence-corrected chi connectivity index (χ2v) is 9.11. The van der Waals surface area contributed by atoms with Crippen LogP contribution in [0.4, 0.5) is 0 Å². The third-order valence-electron chi connectivity index (χ3n) is 6.50. The van der Waals surface area contributed by atoms with Crippen LogP contribution in [0.25, 0.3) is 0 Å². The molecule has 2 aliphatic heterocycles. The fraction of sp³-hybridized carbons (Fsp3) is 0.708. The van der Waals surface area contributed by atoms with Gasteiger partial charge < -0.3 is 23.7 Å². The second kappa shape index (κ2) is 10.1. The van der Waals surface area contributed by atoms with E-state index in [2.05, 4.69) is 0 Å². The number of esters is 3. The first-order chi connectivity index (χ1) is 15.2. The average molecular weight is 451 g/mol. The van der Waals surface area contributed by atoms with Crippen LogP contribution in [0.5, 0.6) is 0 Å². The topological polar surface area (TPSA) is 101 Å². The van der Waals surface area contributed by atoms with E-state index in [9.17, 15) is 14.4 Å². The number of fused-ring (bicyclic) bond motifs is 2. The Balaban J connectivity index is 1.80. The number of carbonyl (C=O) groups is 3. The first kappa shape index (κ1) is 24.3. The van der Waals surface area contributed by atoms with Gasteiger partial charge in [-0.3, -0.25) is 14.4 Å². The summed E-state index contributed by atoms with van der Waals surface area (Å²) in [4.78, 5) is 36.3. The highest BCUT2D eigenvalue weighted by Crippen LogP contribution is 2.54. The molecule has 0 unspecified atom stereocenters. The minimum absolute atomic E-state index is 0.00875. The van der Waals surface area contributed by atoms with Crippen LogP contribution in [-0.2, 0) is 38.1 Å². The lowest BCUT2D eigenvalue weighted by Crippen LogP contribution is -2.45. The molecule has 0 N–H and O–H groups in total. The van der Waals surface area contributed by atoms with E-state index in [1.165, 1.54) is 13.2 Å². The first-order valence-electron chi connectivity index (χ1n) is 11.4. The zero-order chi connectivity index (χ0) is 23.5. The zero-order valence-corrected chi connectivity index (χ0v) is 19.6. The third-order valence-corrected chi connectivity index (χ3v) is 6.50. The summed E-state index contributed by atoms with van der Waals surface area (Å²) in [6.07, 6.45) is 4.08. The summed E-state index contributed by atoms with van der Waals surface area (Å²) in [6.45, 7) is 9.71. The Kier molecular flexibility index (Phi) is 7.64. The molecule has 0 radical (unpaired) electrons. The van der Waals surface area contributed by atoms with E-state index in [4.69, 9.17) is 23.7 Å². The van der Waals surface area contributed by atoms with Crippen molar-refractivity contribution in [2.75, 3.05) is 13.2 Å². The number of rotatable bonds is 10. The molecule has 1 spiro atoms. The van der Waals surface area contributed by atoms with E-state index in [0.717, 1.165) is 18.4 Å². The molecule has 2 heterocycles. The molecule has 32 heavy (non-hydrogen) atoms. The molecule has 178 valence electrons. The number of hydrogen-bond acceptors (Lipinski definition) is 8. The molecule has 1 saturated heterocycles. The van der Waals surface area contributed by atoms with Crippen molar-refractivity contribution in [1.29, 1.82) is 0 Å². The predicted octanol–water partition coefficient (Wildman–Crippen LogP) is 3.44. The summed E-state index contributed by atoms with van der Waals surface area (Å²) in [7, 11) is 0. The monoisotopic (exact) mass is 450 g/mol. The summed E-state index contributed by atoms with van der Waals surface area (Å²) in [5, 5.41) is 0. The quantitative estimate of drug-likeness (QED) is 0.283. The summed E-state index contributed by atoms with van der Waals surface area (Å²) in [5.41, 5.74) is 0.560. The fourth-order valence-corrected chi connectivity index (χ4v) is 4.01. The van der Waals surface area contributed by atoms with Crippen molar-refractivity contribution in [2.45, 2.75) is 78.3 Å². The summed E-state index contributed by atoms with van der Waals surface area (Å²) < 4.78 is 28.2. The van der Waals surface area contributed by atoms with Crippen molar-refractivity contribution in [1.82, 2.24) is 0 Å². The van der Waals surface area contributed by atoms with Crippen LogP contribution < -0.4 is 0 Å². The maximum absolute atomic E-state index is 12.5. The number of ether oxygens (including phenoxy) is 5. The van der Waals surface area contributed by atoms with Crippen LogP contribution >= 0.6 is 0 Å². The van der Waals surface area contributed by atoms with Crippen molar-refractivity contribution in [3.8, 4) is 0 Å². The standard InChI is InChI=1S/C24H34O8/c1-6-14(3)8-20(26)31-19-10-18-17(11-28-16(5)25)12-29-23(22(18)24(19)13-30-24)32-21(27)9-15(4)7-2/h10,12,14-15,19,22-23H,6-9,11,13H2,1-5H3/t14-,15+,19+,22-,23+,24-/m1/s1. The van der Waals surface area contributed by atoms with Gasteiger partial charge >= 0.3 is 17.9 Å². The minimum atomic E-state index is -0.903. The molecule has 1 fully saturated rings. The van der Waals surface area contributed by atoms with Crippen molar-refractivity contribution < 1.29 is 38.1 Å². The van der Waals surface area contributed by atoms with Crippen molar-refractivity contribution in [3.63, 3.8) is 0 Å². The van der Waals surface area contributed by atoms with Crippen LogP contribution in [0.15, 0.2) is 23.5 Å². The lowest BCUT2D eigenvalue weighted by Gasteiger charge is -2.33. The van der Waals surface area contributed by atoms with Crippen LogP contribution in [-0.4, -0.2) is 49.1 Å². The van der Waals surface area contributed by atoms with Crippen LogP contribution in [0.1, 0.15) is 60.3 Å². The zero-order valence-electron chi connectivity index (χ0n) is 19.6. The number of carbonyl (C=O) groups excluding carboxylic acids is 3. The molecule has 0 saturated carbocycles. The van der Waals surface area contributed by atoms with Crippen LogP contribution in [0, 0.1) is 17.8 Å². The molecule has 0 aromatic carbocycles. The van der Waals surface area contributed by atoms with Gasteiger partial charge in [0, 0.05) is 25.3 Å². The van der Waals surface area contributed by atoms with Crippen molar-refractivity contribution in [2.24, 2.45) is 17.8 Å². The Bertz CT molecular complexity index is 794. The molecule has 3 aliphatic rings. The Hall–Kier alpha value is -2.35. The predicted molar refractivity (Wildman–Crippen MR) is 114 cm³/mol. The Labute approximate surface area is 189 Å². The maximum atomic E-state index is 12.5. The lowest BCUT2D eigenvalue weighted by molar-refractivity contribution is -0.186. The first-order valence-corrected chi connectivity index (χ1v) is 11.4. The molecular formula is C24H34O8. The maximum Gasteiger partial charge on any atom is 0.309 e. The average Bonchev–Trinajstić information content (AvgIpc) is 3.46. The van der Waals surface area contributed by atoms with E-state index in [1.54, 1.807) is 0 Å². The van der Waals surface area contributed by atoms with Crippen molar-refractivity contribution >= 4 is 17.9 Å². The SMILES string of the molecule is CC[C@@H](C)CC(=O)O[C@H]1C=C2C(COC(C)=O)=CO[C@@H](OC(=O)C[C@@H](C)CC)[C@@H]2[C@@]12CO2. The van der Waals surface area contributed by atoms with E-state index in [-0.39, 0.29) is 36.8 Å². The molecule has 3 rings (SSSR count). The Morgan fingerprint density at radius 1 is 1.09 bits per heavy atom. The van der Waals surface area contributed by atoms with Gasteiger partial charge in [0.1, 0.15) is 12.2 Å². The van der Waals surface area contributed by atoms with Gasteiger partial charge in [0.15, 0.2) is 6.10 Å². The van der Waals surface area contributed by atoms with E-state index in [0.29, 0.717) is 18.6 Å². The largest absolute Gasteiger partial charge is 0.461 e. The van der Waals surface area contributed by atoms with Gasteiger partial charge in [-0.25, -0.2) is 0 Å². The Morgan fingerprint density at radius 2 is 1.69 bits per heavy atom. The molecule has 0 aromatic rings. The van der Waals surface area contributed by atoms with E-state index < -0.39 is 29.9 Å². The van der Waals surface area contributed by atoms with Crippen molar-refractivity contribution in [3.05, 3.63) is 23.5 Å². The second-order valence-electron chi connectivity index (χ2n) is 9.11. The molecule has 8 nitrogen and oxygen atoms in total. The minimum Gasteiger partial charge on any atom is -0.461 e. The number of hydrogen-bond donors (Lipinski definition) is 0. The molecule has 0 amide bonds. The van der Waals surface area contributed by atoms with Gasteiger partial charge in [-0.1, -0.05) is 40.5 Å². The highest BCUT2D eigenvalue weighted by atomic mass is 16.7. The highest BCUT2D eigenvalue weighted by molar-refractivity contribution is 5.71. The summed E-state index contributed by atoms with van der Waals surface area (Å²) in [6, 6.07) is 0. The summed E-state index contributed by atoms with van der Waals surface area (Å²) in [5.74, 6) is -1.13. The summed E-state index contributed by atoms with van der Waals surface area (Å²) >= 11 is 0. The van der Waals surface area contributed by atoms with Gasteiger partial charge in [-0.05, 0) is 23.5 Å². The van der Waals surface area contributed by atoms with Crippen LogP contribution in [0.2, 0.25) is 0 Å². The number of epoxide rings is 1. The highest BCUT2D eigenvalue weighted by Gasteiger charge is 2.67. The van der Waals surface area contributed by atoms with Gasteiger partial charge in [0.25, 0.3) is 6.29 Å².